The first kappa shape index (κ1) is 20.5. The Morgan fingerprint density at radius 2 is 1.77 bits per heavy atom. The van der Waals surface area contributed by atoms with Gasteiger partial charge in [-0.25, -0.2) is 5.43 Å². The molecule has 0 saturated carbocycles. The molecule has 0 atom stereocenters. The molecule has 0 unspecified atom stereocenters. The minimum absolute atomic E-state index is 0.124. The van der Waals surface area contributed by atoms with Crippen molar-refractivity contribution in [3.8, 4) is 11.5 Å². The van der Waals surface area contributed by atoms with Gasteiger partial charge in [0, 0.05) is 18.1 Å². The second-order valence-corrected chi connectivity index (χ2v) is 6.08. The number of aromatic nitrogens is 1. The zero-order valence-electron chi connectivity index (χ0n) is 16.2. The third-order valence-corrected chi connectivity index (χ3v) is 3.93. The van der Waals surface area contributed by atoms with E-state index in [1.54, 1.807) is 74.0 Å². The lowest BCUT2D eigenvalue weighted by Gasteiger charge is -2.08. The predicted molar refractivity (Wildman–Crippen MR) is 113 cm³/mol. The lowest BCUT2D eigenvalue weighted by molar-refractivity contribution is -0.118. The standard InChI is InChI=1S/C22H20N4O4/c1-29-19-10-6-18(7-11-19)25-21(27)15-30-20-8-4-16(5-9-20)13-24-26-22(28)17-3-2-12-23-14-17/h2-14H,15H2,1H3,(H,25,27)(H,26,28)/b24-13-. The number of anilines is 1. The van der Waals surface area contributed by atoms with Crippen LogP contribution in [-0.4, -0.2) is 36.7 Å². The summed E-state index contributed by atoms with van der Waals surface area (Å²) in [6.45, 7) is -0.124. The van der Waals surface area contributed by atoms with Gasteiger partial charge in [0.2, 0.25) is 0 Å². The van der Waals surface area contributed by atoms with Gasteiger partial charge in [0.25, 0.3) is 11.8 Å². The molecule has 0 aliphatic rings. The fourth-order valence-electron chi connectivity index (χ4n) is 2.40. The number of methoxy groups -OCH3 is 1. The molecule has 2 aromatic carbocycles. The van der Waals surface area contributed by atoms with E-state index in [9.17, 15) is 9.59 Å². The number of nitrogens with zero attached hydrogens (tertiary/aromatic N) is 2. The Labute approximate surface area is 173 Å². The SMILES string of the molecule is COc1ccc(NC(=O)COc2ccc(/C=N\NC(=O)c3cccnc3)cc2)cc1. The molecule has 8 heteroatoms. The summed E-state index contributed by atoms with van der Waals surface area (Å²) in [5.74, 6) is 0.632. The Bertz CT molecular complexity index is 1000. The molecule has 8 nitrogen and oxygen atoms in total. The number of hydrogen-bond donors (Lipinski definition) is 2. The van der Waals surface area contributed by atoms with Gasteiger partial charge in [-0.15, -0.1) is 0 Å². The molecule has 152 valence electrons. The van der Waals surface area contributed by atoms with Gasteiger partial charge in [-0.3, -0.25) is 14.6 Å². The summed E-state index contributed by atoms with van der Waals surface area (Å²) in [6.07, 6.45) is 4.56. The molecule has 2 amide bonds. The van der Waals surface area contributed by atoms with Crippen molar-refractivity contribution < 1.29 is 19.1 Å². The summed E-state index contributed by atoms with van der Waals surface area (Å²) in [4.78, 5) is 27.7. The maximum Gasteiger partial charge on any atom is 0.272 e. The number of hydrogen-bond acceptors (Lipinski definition) is 6. The van der Waals surface area contributed by atoms with Crippen LogP contribution in [0.5, 0.6) is 11.5 Å². The van der Waals surface area contributed by atoms with Crippen molar-refractivity contribution in [2.24, 2.45) is 5.10 Å². The molecule has 2 N–H and O–H groups in total. The first-order valence-electron chi connectivity index (χ1n) is 9.04. The van der Waals surface area contributed by atoms with Crippen molar-refractivity contribution in [1.29, 1.82) is 0 Å². The van der Waals surface area contributed by atoms with E-state index in [2.05, 4.69) is 20.8 Å². The Kier molecular flexibility index (Phi) is 7.10. The van der Waals surface area contributed by atoms with Crippen LogP contribution in [0.1, 0.15) is 15.9 Å². The van der Waals surface area contributed by atoms with E-state index < -0.39 is 0 Å². The van der Waals surface area contributed by atoms with E-state index >= 15 is 0 Å². The molecule has 30 heavy (non-hydrogen) atoms. The van der Waals surface area contributed by atoms with Gasteiger partial charge in [-0.2, -0.15) is 5.10 Å². The highest BCUT2D eigenvalue weighted by Gasteiger charge is 2.05. The quantitative estimate of drug-likeness (QED) is 0.444. The van der Waals surface area contributed by atoms with Gasteiger partial charge in [0.15, 0.2) is 6.61 Å². The molecule has 0 fully saturated rings. The second kappa shape index (κ2) is 10.4. The Balaban J connectivity index is 1.44. The summed E-state index contributed by atoms with van der Waals surface area (Å²) in [5, 5.41) is 6.66. The molecule has 3 aromatic rings. The minimum atomic E-state index is -0.345. The number of ether oxygens (including phenoxy) is 2. The molecule has 3 rings (SSSR count). The van der Waals surface area contributed by atoms with Gasteiger partial charge >= 0.3 is 0 Å². The molecule has 0 aliphatic heterocycles. The molecule has 0 spiro atoms. The summed E-state index contributed by atoms with van der Waals surface area (Å²) in [7, 11) is 1.58. The number of nitrogens with one attached hydrogen (secondary N) is 2. The average Bonchev–Trinajstić information content (AvgIpc) is 2.79. The fraction of sp³-hybridized carbons (Fsp3) is 0.0909. The number of carbonyl (C=O) groups is 2. The van der Waals surface area contributed by atoms with E-state index in [1.165, 1.54) is 12.4 Å². The zero-order chi connectivity index (χ0) is 21.2. The topological polar surface area (TPSA) is 102 Å². The minimum Gasteiger partial charge on any atom is -0.497 e. The summed E-state index contributed by atoms with van der Waals surface area (Å²) in [6, 6.07) is 17.3. The van der Waals surface area contributed by atoms with Crippen LogP contribution < -0.4 is 20.2 Å². The highest BCUT2D eigenvalue weighted by Crippen LogP contribution is 2.15. The maximum absolute atomic E-state index is 12.0. The van der Waals surface area contributed by atoms with Gasteiger partial charge < -0.3 is 14.8 Å². The van der Waals surface area contributed by atoms with E-state index in [4.69, 9.17) is 9.47 Å². The third-order valence-electron chi connectivity index (χ3n) is 3.93. The zero-order valence-corrected chi connectivity index (χ0v) is 16.2. The fourth-order valence-corrected chi connectivity index (χ4v) is 2.40. The van der Waals surface area contributed by atoms with E-state index in [0.29, 0.717) is 22.7 Å². The lowest BCUT2D eigenvalue weighted by Crippen LogP contribution is -2.20. The number of hydrazone groups is 1. The van der Waals surface area contributed by atoms with Gasteiger partial charge in [0.1, 0.15) is 11.5 Å². The van der Waals surface area contributed by atoms with E-state index in [0.717, 1.165) is 5.56 Å². The molecule has 1 aromatic heterocycles. The molecule has 0 saturated heterocycles. The number of pyridine rings is 1. The molecular weight excluding hydrogens is 384 g/mol. The lowest BCUT2D eigenvalue weighted by atomic mass is 10.2. The van der Waals surface area contributed by atoms with Crippen molar-refractivity contribution in [2.45, 2.75) is 0 Å². The number of amides is 2. The van der Waals surface area contributed by atoms with Crippen LogP contribution in [0.3, 0.4) is 0 Å². The number of rotatable bonds is 8. The largest absolute Gasteiger partial charge is 0.497 e. The highest BCUT2D eigenvalue weighted by atomic mass is 16.5. The monoisotopic (exact) mass is 404 g/mol. The van der Waals surface area contributed by atoms with Gasteiger partial charge in [-0.1, -0.05) is 0 Å². The normalized spacial score (nSPS) is 10.4. The van der Waals surface area contributed by atoms with Crippen LogP contribution in [0.2, 0.25) is 0 Å². The van der Waals surface area contributed by atoms with E-state index in [-0.39, 0.29) is 18.4 Å². The predicted octanol–water partition coefficient (Wildman–Crippen LogP) is 2.87. The third kappa shape index (κ3) is 6.16. The smallest absolute Gasteiger partial charge is 0.272 e. The molecule has 0 aliphatic carbocycles. The van der Waals surface area contributed by atoms with Crippen molar-refractivity contribution in [3.05, 3.63) is 84.2 Å². The molecular formula is C22H20N4O4. The van der Waals surface area contributed by atoms with Gasteiger partial charge in [-0.05, 0) is 66.2 Å². The van der Waals surface area contributed by atoms with Crippen LogP contribution in [0, 0.1) is 0 Å². The van der Waals surface area contributed by atoms with Crippen LogP contribution in [-0.2, 0) is 4.79 Å². The van der Waals surface area contributed by atoms with Crippen LogP contribution in [0.15, 0.2) is 78.2 Å². The highest BCUT2D eigenvalue weighted by molar-refractivity contribution is 5.94. The Hall–Kier alpha value is -4.20. The summed E-state index contributed by atoms with van der Waals surface area (Å²) >= 11 is 0. The van der Waals surface area contributed by atoms with Gasteiger partial charge in [0.05, 0.1) is 18.9 Å². The Morgan fingerprint density at radius 1 is 1.03 bits per heavy atom. The van der Waals surface area contributed by atoms with Crippen molar-refractivity contribution in [3.63, 3.8) is 0 Å². The molecule has 1 heterocycles. The first-order valence-corrected chi connectivity index (χ1v) is 9.04. The second-order valence-electron chi connectivity index (χ2n) is 6.08. The van der Waals surface area contributed by atoms with Crippen LogP contribution in [0.25, 0.3) is 0 Å². The maximum atomic E-state index is 12.0. The van der Waals surface area contributed by atoms with Crippen LogP contribution >= 0.6 is 0 Å². The van der Waals surface area contributed by atoms with Crippen molar-refractivity contribution >= 4 is 23.7 Å². The van der Waals surface area contributed by atoms with E-state index in [1.807, 2.05) is 0 Å². The van der Waals surface area contributed by atoms with Crippen molar-refractivity contribution in [2.75, 3.05) is 19.0 Å². The summed E-state index contributed by atoms with van der Waals surface area (Å²) < 4.78 is 10.6. The number of carbonyl (C=O) groups excluding carboxylic acids is 2. The van der Waals surface area contributed by atoms with Crippen molar-refractivity contribution in [1.82, 2.24) is 10.4 Å². The Morgan fingerprint density at radius 3 is 2.43 bits per heavy atom. The summed E-state index contributed by atoms with van der Waals surface area (Å²) in [5.41, 5.74) is 4.27. The first-order chi connectivity index (χ1) is 14.6. The average molecular weight is 404 g/mol. The molecule has 0 bridgehead atoms. The molecule has 0 radical (unpaired) electrons. The van der Waals surface area contributed by atoms with Crippen LogP contribution in [0.4, 0.5) is 5.69 Å². The number of benzene rings is 2.